The molecule has 0 unspecified atom stereocenters. The Hall–Kier alpha value is -8.35. The smallest absolute Gasteiger partial charge is 0.167 e. The van der Waals surface area contributed by atoms with E-state index < -0.39 is 0 Å². The maximum Gasteiger partial charge on any atom is 0.167 e. The van der Waals surface area contributed by atoms with Gasteiger partial charge in [0, 0.05) is 55.1 Å². The van der Waals surface area contributed by atoms with E-state index in [1.807, 2.05) is 84.9 Å². The predicted molar refractivity (Wildman–Crippen MR) is 248 cm³/mol. The van der Waals surface area contributed by atoms with E-state index in [0.29, 0.717) is 23.1 Å². The summed E-state index contributed by atoms with van der Waals surface area (Å²) in [4.78, 5) is 17.7. The van der Waals surface area contributed by atoms with E-state index in [2.05, 4.69) is 126 Å². The van der Waals surface area contributed by atoms with Crippen LogP contribution in [0.5, 0.6) is 0 Å². The van der Waals surface area contributed by atoms with Gasteiger partial charge in [-0.25, -0.2) is 15.0 Å². The summed E-state index contributed by atoms with van der Waals surface area (Å²) in [6.45, 7) is 0. The number of anilines is 3. The van der Waals surface area contributed by atoms with Crippen LogP contribution in [0.25, 0.3) is 99.9 Å². The number of furan rings is 2. The molecule has 3 aromatic heterocycles. The highest BCUT2D eigenvalue weighted by Crippen LogP contribution is 2.45. The van der Waals surface area contributed by atoms with Crippen LogP contribution in [0.3, 0.4) is 0 Å². The highest BCUT2D eigenvalue weighted by atomic mass is 16.3. The van der Waals surface area contributed by atoms with Crippen molar-refractivity contribution in [2.45, 2.75) is 0 Å². The van der Waals surface area contributed by atoms with Gasteiger partial charge in [0.1, 0.15) is 22.3 Å². The van der Waals surface area contributed by atoms with E-state index >= 15 is 0 Å². The predicted octanol–water partition coefficient (Wildman–Crippen LogP) is 15.0. The van der Waals surface area contributed by atoms with Gasteiger partial charge in [0.25, 0.3) is 0 Å². The van der Waals surface area contributed by atoms with E-state index in [9.17, 15) is 0 Å². The normalized spacial score (nSPS) is 11.6. The molecule has 9 aromatic carbocycles. The van der Waals surface area contributed by atoms with Crippen molar-refractivity contribution < 1.29 is 8.83 Å². The van der Waals surface area contributed by atoms with Crippen molar-refractivity contribution in [3.05, 3.63) is 206 Å². The molecule has 0 atom stereocenters. The molecular formula is C55H34N4O2. The van der Waals surface area contributed by atoms with Gasteiger partial charge in [0.05, 0.1) is 5.56 Å². The van der Waals surface area contributed by atoms with Crippen LogP contribution in [0, 0.1) is 0 Å². The van der Waals surface area contributed by atoms with Gasteiger partial charge >= 0.3 is 0 Å². The van der Waals surface area contributed by atoms with E-state index in [-0.39, 0.29) is 0 Å². The topological polar surface area (TPSA) is 68.2 Å². The second-order valence-electron chi connectivity index (χ2n) is 15.2. The van der Waals surface area contributed by atoms with E-state index in [1.54, 1.807) is 0 Å². The molecule has 286 valence electrons. The van der Waals surface area contributed by atoms with Crippen molar-refractivity contribution >= 4 is 71.7 Å². The quantitative estimate of drug-likeness (QED) is 0.160. The molecule has 61 heavy (non-hydrogen) atoms. The molecule has 0 spiro atoms. The molecule has 0 aliphatic heterocycles. The van der Waals surface area contributed by atoms with E-state index in [4.69, 9.17) is 23.8 Å². The fourth-order valence-electron chi connectivity index (χ4n) is 8.55. The van der Waals surface area contributed by atoms with Crippen molar-refractivity contribution in [2.75, 3.05) is 4.90 Å². The minimum absolute atomic E-state index is 0.521. The van der Waals surface area contributed by atoms with Crippen molar-refractivity contribution in [1.29, 1.82) is 0 Å². The Labute approximate surface area is 350 Å². The van der Waals surface area contributed by atoms with Crippen LogP contribution in [-0.2, 0) is 0 Å². The monoisotopic (exact) mass is 782 g/mol. The standard InChI is InChI=1S/C55H34N4O2/c1-4-15-37(16-5-1)53-56-54(38-17-6-2-7-18-38)58-55(57-53)48-34-42(33-47-46-31-26-36-14-10-11-21-43(36)51(46)61-52(47)48)59(40-19-8-3-9-20-40)41-28-24-35(25-29-41)39-27-30-45-44-22-12-13-23-49(44)60-50(45)32-39/h1-34H. The molecule has 0 saturated heterocycles. The maximum atomic E-state index is 6.98. The number of hydrogen-bond acceptors (Lipinski definition) is 6. The van der Waals surface area contributed by atoms with E-state index in [0.717, 1.165) is 93.9 Å². The molecule has 6 nitrogen and oxygen atoms in total. The lowest BCUT2D eigenvalue weighted by atomic mass is 10.0. The average molecular weight is 783 g/mol. The van der Waals surface area contributed by atoms with E-state index in [1.165, 1.54) is 0 Å². The van der Waals surface area contributed by atoms with Gasteiger partial charge in [-0.3, -0.25) is 0 Å². The molecule has 0 radical (unpaired) electrons. The molecule has 6 heteroatoms. The minimum atomic E-state index is 0.521. The third-order valence-electron chi connectivity index (χ3n) is 11.5. The largest absolute Gasteiger partial charge is 0.456 e. The summed E-state index contributed by atoms with van der Waals surface area (Å²) in [6.07, 6.45) is 0. The van der Waals surface area contributed by atoms with Crippen molar-refractivity contribution in [1.82, 2.24) is 15.0 Å². The van der Waals surface area contributed by atoms with Crippen LogP contribution < -0.4 is 4.90 Å². The Bertz CT molecular complexity index is 3520. The Balaban J connectivity index is 1.08. The zero-order chi connectivity index (χ0) is 40.3. The van der Waals surface area contributed by atoms with Crippen molar-refractivity contribution in [3.8, 4) is 45.3 Å². The number of hydrogen-bond donors (Lipinski definition) is 0. The number of aromatic nitrogens is 3. The number of fused-ring (bicyclic) bond motifs is 8. The zero-order valence-electron chi connectivity index (χ0n) is 32.7. The van der Waals surface area contributed by atoms with Crippen LogP contribution >= 0.6 is 0 Å². The van der Waals surface area contributed by atoms with Crippen LogP contribution in [0.15, 0.2) is 215 Å². The van der Waals surface area contributed by atoms with Gasteiger partial charge in [-0.15, -0.1) is 0 Å². The SMILES string of the molecule is c1ccc(-c2nc(-c3ccccc3)nc(-c3cc(N(c4ccccc4)c4ccc(-c5ccc6c(c5)oc5ccccc56)cc4)cc4c3oc3c5ccccc5ccc43)n2)cc1. The Kier molecular flexibility index (Phi) is 8.06. The Morgan fingerprint density at radius 2 is 0.885 bits per heavy atom. The maximum absolute atomic E-state index is 6.98. The lowest BCUT2D eigenvalue weighted by Crippen LogP contribution is -2.10. The molecular weight excluding hydrogens is 749 g/mol. The number of para-hydroxylation sites is 2. The molecule has 12 aromatic rings. The second-order valence-corrected chi connectivity index (χ2v) is 15.2. The van der Waals surface area contributed by atoms with Crippen LogP contribution in [0.4, 0.5) is 17.1 Å². The summed E-state index contributed by atoms with van der Waals surface area (Å²) in [6, 6.07) is 71.0. The van der Waals surface area contributed by atoms with Gasteiger partial charge in [-0.05, 0) is 77.2 Å². The summed E-state index contributed by atoms with van der Waals surface area (Å²) in [7, 11) is 0. The first-order chi connectivity index (χ1) is 30.2. The second kappa shape index (κ2) is 14.2. The Morgan fingerprint density at radius 3 is 1.62 bits per heavy atom. The van der Waals surface area contributed by atoms with Crippen LogP contribution in [-0.4, -0.2) is 15.0 Å². The lowest BCUT2D eigenvalue weighted by molar-refractivity contribution is 0.669. The molecule has 0 aliphatic carbocycles. The van der Waals surface area contributed by atoms with Gasteiger partial charge in [-0.1, -0.05) is 146 Å². The summed E-state index contributed by atoms with van der Waals surface area (Å²) in [5.74, 6) is 1.69. The molecule has 0 aliphatic rings. The highest BCUT2D eigenvalue weighted by Gasteiger charge is 2.23. The molecule has 12 rings (SSSR count). The molecule has 0 fully saturated rings. The molecule has 0 saturated carbocycles. The van der Waals surface area contributed by atoms with Crippen molar-refractivity contribution in [3.63, 3.8) is 0 Å². The number of nitrogens with zero attached hydrogens (tertiary/aromatic N) is 4. The molecule has 3 heterocycles. The van der Waals surface area contributed by atoms with Crippen LogP contribution in [0.2, 0.25) is 0 Å². The zero-order valence-corrected chi connectivity index (χ0v) is 32.7. The van der Waals surface area contributed by atoms with Gasteiger partial charge < -0.3 is 13.7 Å². The van der Waals surface area contributed by atoms with Gasteiger partial charge in [-0.2, -0.15) is 0 Å². The van der Waals surface area contributed by atoms with Gasteiger partial charge in [0.2, 0.25) is 0 Å². The van der Waals surface area contributed by atoms with Gasteiger partial charge in [0.15, 0.2) is 17.5 Å². The third kappa shape index (κ3) is 6.00. The molecule has 0 amide bonds. The lowest BCUT2D eigenvalue weighted by Gasteiger charge is -2.26. The first-order valence-corrected chi connectivity index (χ1v) is 20.3. The fraction of sp³-hybridized carbons (Fsp3) is 0. The molecule has 0 bridgehead atoms. The van der Waals surface area contributed by atoms with Crippen molar-refractivity contribution in [2.24, 2.45) is 0 Å². The Morgan fingerprint density at radius 1 is 0.311 bits per heavy atom. The summed E-state index contributed by atoms with van der Waals surface area (Å²) in [5, 5.41) is 6.37. The fourth-order valence-corrected chi connectivity index (χ4v) is 8.55. The summed E-state index contributed by atoms with van der Waals surface area (Å²) < 4.78 is 13.2. The minimum Gasteiger partial charge on any atom is -0.456 e. The summed E-state index contributed by atoms with van der Waals surface area (Å²) in [5.41, 5.74) is 11.0. The number of benzene rings is 9. The first-order valence-electron chi connectivity index (χ1n) is 20.3. The summed E-state index contributed by atoms with van der Waals surface area (Å²) >= 11 is 0. The van der Waals surface area contributed by atoms with Crippen LogP contribution in [0.1, 0.15) is 0 Å². The first kappa shape index (κ1) is 34.7. The number of rotatable bonds is 7. The average Bonchev–Trinajstić information content (AvgIpc) is 3.91. The highest BCUT2D eigenvalue weighted by molar-refractivity contribution is 6.18. The molecule has 0 N–H and O–H groups in total. The third-order valence-corrected chi connectivity index (χ3v) is 11.5.